The molecule has 0 radical (unpaired) electrons. The Hall–Kier alpha value is -2.82. The first-order valence-corrected chi connectivity index (χ1v) is 9.32. The number of methoxy groups -OCH3 is 1. The Bertz CT molecular complexity index is 817. The number of nitrogens with one attached hydrogen (secondary N) is 1. The van der Waals surface area contributed by atoms with E-state index < -0.39 is 0 Å². The van der Waals surface area contributed by atoms with Crippen LogP contribution in [0.15, 0.2) is 48.5 Å². The number of hydrogen-bond donors (Lipinski definition) is 1. The normalized spacial score (nSPS) is 17.9. The number of amides is 2. The number of anilines is 1. The maximum atomic E-state index is 12.8. The molecule has 0 aromatic heterocycles. The Balaban J connectivity index is 1.55. The van der Waals surface area contributed by atoms with Crippen LogP contribution in [0.25, 0.3) is 0 Å². The van der Waals surface area contributed by atoms with Gasteiger partial charge in [0, 0.05) is 18.8 Å². The number of aryl methyl sites for hydroxylation is 1. The molecule has 2 atom stereocenters. The molecule has 2 aromatic carbocycles. The smallest absolute Gasteiger partial charge is 0.230 e. The van der Waals surface area contributed by atoms with E-state index in [2.05, 4.69) is 5.32 Å². The molecule has 1 fully saturated rings. The summed E-state index contributed by atoms with van der Waals surface area (Å²) in [6, 6.07) is 15.5. The zero-order valence-corrected chi connectivity index (χ0v) is 16.1. The molecule has 2 aromatic rings. The van der Waals surface area contributed by atoms with Crippen LogP contribution in [-0.4, -0.2) is 25.5 Å². The zero-order valence-electron chi connectivity index (χ0n) is 16.1. The molecule has 5 heteroatoms. The molecule has 1 aliphatic rings. The lowest BCUT2D eigenvalue weighted by Gasteiger charge is -2.21. The van der Waals surface area contributed by atoms with Gasteiger partial charge in [0.2, 0.25) is 11.8 Å². The standard InChI is InChI=1S/C22H26N2O3/c1-4-24(17-7-5-6-15(2)12-17)22(26)20-13-19(20)21(25)23-14-16-8-10-18(27-3)11-9-16/h5-12,19-20H,4,13-14H2,1-3H3,(H,23,25). The summed E-state index contributed by atoms with van der Waals surface area (Å²) in [5.41, 5.74) is 3.01. The fraction of sp³-hybridized carbons (Fsp3) is 0.364. The molecule has 2 unspecified atom stereocenters. The first-order valence-electron chi connectivity index (χ1n) is 9.32. The van der Waals surface area contributed by atoms with Crippen LogP contribution in [0.1, 0.15) is 24.5 Å². The number of rotatable bonds is 7. The van der Waals surface area contributed by atoms with Crippen LogP contribution in [0, 0.1) is 18.8 Å². The molecule has 0 saturated heterocycles. The summed E-state index contributed by atoms with van der Waals surface area (Å²) in [7, 11) is 1.62. The van der Waals surface area contributed by atoms with Crippen LogP contribution in [0.2, 0.25) is 0 Å². The van der Waals surface area contributed by atoms with E-state index in [9.17, 15) is 9.59 Å². The minimum absolute atomic E-state index is 0.0349. The van der Waals surface area contributed by atoms with Gasteiger partial charge in [-0.25, -0.2) is 0 Å². The Labute approximate surface area is 160 Å². The summed E-state index contributed by atoms with van der Waals surface area (Å²) in [6.45, 7) is 5.02. The van der Waals surface area contributed by atoms with Gasteiger partial charge in [-0.2, -0.15) is 0 Å². The lowest BCUT2D eigenvalue weighted by Crippen LogP contribution is -2.34. The predicted molar refractivity (Wildman–Crippen MR) is 106 cm³/mol. The maximum absolute atomic E-state index is 12.8. The van der Waals surface area contributed by atoms with Gasteiger partial charge in [0.1, 0.15) is 5.75 Å². The molecule has 142 valence electrons. The van der Waals surface area contributed by atoms with Crippen molar-refractivity contribution < 1.29 is 14.3 Å². The van der Waals surface area contributed by atoms with Crippen molar-refractivity contribution in [3.63, 3.8) is 0 Å². The molecule has 1 aliphatic carbocycles. The van der Waals surface area contributed by atoms with Gasteiger partial charge in [-0.1, -0.05) is 24.3 Å². The fourth-order valence-electron chi connectivity index (χ4n) is 3.28. The maximum Gasteiger partial charge on any atom is 0.230 e. The van der Waals surface area contributed by atoms with Gasteiger partial charge < -0.3 is 15.0 Å². The second-order valence-electron chi connectivity index (χ2n) is 6.94. The number of benzene rings is 2. The minimum atomic E-state index is -0.227. The van der Waals surface area contributed by atoms with Gasteiger partial charge in [-0.3, -0.25) is 9.59 Å². The van der Waals surface area contributed by atoms with E-state index in [1.165, 1.54) is 0 Å². The fourth-order valence-corrected chi connectivity index (χ4v) is 3.28. The monoisotopic (exact) mass is 366 g/mol. The van der Waals surface area contributed by atoms with E-state index in [0.717, 1.165) is 22.6 Å². The molecule has 27 heavy (non-hydrogen) atoms. The quantitative estimate of drug-likeness (QED) is 0.818. The Morgan fingerprint density at radius 1 is 1.15 bits per heavy atom. The molecule has 1 N–H and O–H groups in total. The van der Waals surface area contributed by atoms with Gasteiger partial charge in [-0.15, -0.1) is 0 Å². The molecule has 0 bridgehead atoms. The van der Waals surface area contributed by atoms with Crippen LogP contribution in [0.4, 0.5) is 5.69 Å². The van der Waals surface area contributed by atoms with Crippen LogP contribution < -0.4 is 15.0 Å². The van der Waals surface area contributed by atoms with Gasteiger partial charge >= 0.3 is 0 Å². The highest BCUT2D eigenvalue weighted by atomic mass is 16.5. The summed E-state index contributed by atoms with van der Waals surface area (Å²) in [5, 5.41) is 2.94. The van der Waals surface area contributed by atoms with Crippen LogP contribution in [0.3, 0.4) is 0 Å². The highest BCUT2D eigenvalue weighted by molar-refractivity contribution is 6.01. The average molecular weight is 366 g/mol. The van der Waals surface area contributed by atoms with Crippen LogP contribution in [-0.2, 0) is 16.1 Å². The molecular formula is C22H26N2O3. The van der Waals surface area contributed by atoms with Gasteiger partial charge in [0.25, 0.3) is 0 Å². The summed E-state index contributed by atoms with van der Waals surface area (Å²) in [5.74, 6) is 0.321. The molecule has 1 saturated carbocycles. The van der Waals surface area contributed by atoms with E-state index in [1.54, 1.807) is 12.0 Å². The van der Waals surface area contributed by atoms with Crippen molar-refractivity contribution in [2.45, 2.75) is 26.8 Å². The first kappa shape index (κ1) is 19.0. The van der Waals surface area contributed by atoms with Crippen molar-refractivity contribution in [3.8, 4) is 5.75 Å². The Morgan fingerprint density at radius 2 is 1.89 bits per heavy atom. The highest BCUT2D eigenvalue weighted by Crippen LogP contribution is 2.41. The van der Waals surface area contributed by atoms with Crippen molar-refractivity contribution in [3.05, 3.63) is 59.7 Å². The third-order valence-electron chi connectivity index (χ3n) is 4.97. The van der Waals surface area contributed by atoms with Crippen LogP contribution in [0.5, 0.6) is 5.75 Å². The van der Waals surface area contributed by atoms with Crippen molar-refractivity contribution in [1.82, 2.24) is 5.32 Å². The third-order valence-corrected chi connectivity index (χ3v) is 4.97. The lowest BCUT2D eigenvalue weighted by molar-refractivity contribution is -0.126. The molecular weight excluding hydrogens is 340 g/mol. The second-order valence-corrected chi connectivity index (χ2v) is 6.94. The average Bonchev–Trinajstić information content (AvgIpc) is 3.48. The van der Waals surface area contributed by atoms with Gasteiger partial charge in [-0.05, 0) is 55.7 Å². The van der Waals surface area contributed by atoms with E-state index in [4.69, 9.17) is 4.74 Å². The number of nitrogens with zero attached hydrogens (tertiary/aromatic N) is 1. The molecule has 0 aliphatic heterocycles. The third kappa shape index (κ3) is 4.48. The Kier molecular flexibility index (Phi) is 5.79. The number of carbonyl (C=O) groups excluding carboxylic acids is 2. The SMILES string of the molecule is CCN(C(=O)C1CC1C(=O)NCc1ccc(OC)cc1)c1cccc(C)c1. The van der Waals surface area contributed by atoms with Crippen molar-refractivity contribution >= 4 is 17.5 Å². The molecule has 2 amide bonds. The Morgan fingerprint density at radius 3 is 2.52 bits per heavy atom. The van der Waals surface area contributed by atoms with Gasteiger partial charge in [0.15, 0.2) is 0 Å². The highest BCUT2D eigenvalue weighted by Gasteiger charge is 2.49. The first-order chi connectivity index (χ1) is 13.0. The van der Waals surface area contributed by atoms with E-state index in [0.29, 0.717) is 19.5 Å². The summed E-state index contributed by atoms with van der Waals surface area (Å²) >= 11 is 0. The number of carbonyl (C=O) groups is 2. The van der Waals surface area contributed by atoms with Crippen molar-refractivity contribution in [2.75, 3.05) is 18.6 Å². The zero-order chi connectivity index (χ0) is 19.4. The van der Waals surface area contributed by atoms with E-state index in [-0.39, 0.29) is 23.7 Å². The molecule has 5 nitrogen and oxygen atoms in total. The number of hydrogen-bond acceptors (Lipinski definition) is 3. The van der Waals surface area contributed by atoms with Crippen LogP contribution >= 0.6 is 0 Å². The lowest BCUT2D eigenvalue weighted by atomic mass is 10.2. The number of ether oxygens (including phenoxy) is 1. The topological polar surface area (TPSA) is 58.6 Å². The largest absolute Gasteiger partial charge is 0.497 e. The predicted octanol–water partition coefficient (Wildman–Crippen LogP) is 3.31. The van der Waals surface area contributed by atoms with E-state index >= 15 is 0 Å². The minimum Gasteiger partial charge on any atom is -0.497 e. The summed E-state index contributed by atoms with van der Waals surface area (Å²) in [6.07, 6.45) is 0.621. The summed E-state index contributed by atoms with van der Waals surface area (Å²) < 4.78 is 5.13. The van der Waals surface area contributed by atoms with Crippen molar-refractivity contribution in [2.24, 2.45) is 11.8 Å². The molecule has 0 spiro atoms. The van der Waals surface area contributed by atoms with Crippen molar-refractivity contribution in [1.29, 1.82) is 0 Å². The summed E-state index contributed by atoms with van der Waals surface area (Å²) in [4.78, 5) is 27.0. The molecule has 0 heterocycles. The second kappa shape index (κ2) is 8.25. The molecule has 3 rings (SSSR count). The van der Waals surface area contributed by atoms with E-state index in [1.807, 2.05) is 62.4 Å². The van der Waals surface area contributed by atoms with Gasteiger partial charge in [0.05, 0.1) is 18.9 Å².